The molecule has 3 rings (SSSR count). The summed E-state index contributed by atoms with van der Waals surface area (Å²) in [6.45, 7) is 0.197. The standard InChI is InChI=1S/C13H13ClN4O3/c14-8-4-5-9(15-6-8)7-17-13(21)18-10(12(19)20)2-1-3-11(18)16-17/h4-6,10H,1-3,7H2,(H,19,20)/t10-/m1/s1. The molecular formula is C13H13ClN4O3. The van der Waals surface area contributed by atoms with E-state index in [1.807, 2.05) is 0 Å². The first kappa shape index (κ1) is 13.8. The molecule has 2 aromatic heterocycles. The number of aromatic nitrogens is 4. The molecule has 1 atom stereocenters. The molecule has 21 heavy (non-hydrogen) atoms. The van der Waals surface area contributed by atoms with Crippen LogP contribution in [0.1, 0.15) is 30.4 Å². The smallest absolute Gasteiger partial charge is 0.347 e. The van der Waals surface area contributed by atoms with Crippen molar-refractivity contribution < 1.29 is 9.90 Å². The Labute approximate surface area is 124 Å². The number of carbonyl (C=O) groups is 1. The second-order valence-electron chi connectivity index (χ2n) is 4.94. The van der Waals surface area contributed by atoms with Crippen LogP contribution in [0.2, 0.25) is 5.02 Å². The summed E-state index contributed by atoms with van der Waals surface area (Å²) in [5.74, 6) is -0.477. The molecule has 2 aromatic rings. The van der Waals surface area contributed by atoms with Crippen molar-refractivity contribution in [3.63, 3.8) is 0 Å². The number of aliphatic carboxylic acids is 1. The maximum Gasteiger partial charge on any atom is 0.347 e. The summed E-state index contributed by atoms with van der Waals surface area (Å²) in [5, 5.41) is 14.0. The number of carboxylic acids is 1. The van der Waals surface area contributed by atoms with E-state index in [-0.39, 0.29) is 6.54 Å². The van der Waals surface area contributed by atoms with Gasteiger partial charge in [0.05, 0.1) is 17.3 Å². The minimum absolute atomic E-state index is 0.197. The van der Waals surface area contributed by atoms with E-state index in [1.54, 1.807) is 12.1 Å². The molecule has 0 amide bonds. The normalized spacial score (nSPS) is 17.5. The van der Waals surface area contributed by atoms with Crippen molar-refractivity contribution in [2.24, 2.45) is 0 Å². The van der Waals surface area contributed by atoms with Gasteiger partial charge in [-0.1, -0.05) is 11.6 Å². The zero-order valence-corrected chi connectivity index (χ0v) is 11.8. The summed E-state index contributed by atoms with van der Waals surface area (Å²) in [5.41, 5.74) is 0.234. The van der Waals surface area contributed by atoms with Crippen molar-refractivity contribution in [1.82, 2.24) is 19.3 Å². The fourth-order valence-corrected chi connectivity index (χ4v) is 2.63. The van der Waals surface area contributed by atoms with Crippen molar-refractivity contribution in [3.8, 4) is 0 Å². The van der Waals surface area contributed by atoms with Gasteiger partial charge in [0, 0.05) is 12.6 Å². The third-order valence-corrected chi connectivity index (χ3v) is 3.74. The van der Waals surface area contributed by atoms with Crippen LogP contribution in [0.5, 0.6) is 0 Å². The van der Waals surface area contributed by atoms with Gasteiger partial charge in [0.25, 0.3) is 0 Å². The third kappa shape index (κ3) is 2.56. The topological polar surface area (TPSA) is 90.0 Å². The quantitative estimate of drug-likeness (QED) is 0.917. The number of nitrogens with zero attached hydrogens (tertiary/aromatic N) is 4. The monoisotopic (exact) mass is 308 g/mol. The Kier molecular flexibility index (Phi) is 3.50. The third-order valence-electron chi connectivity index (χ3n) is 3.52. The second-order valence-corrected chi connectivity index (χ2v) is 5.38. The van der Waals surface area contributed by atoms with Gasteiger partial charge in [-0.25, -0.2) is 14.3 Å². The first-order valence-corrected chi connectivity index (χ1v) is 6.95. The molecule has 0 fully saturated rings. The number of pyridine rings is 1. The van der Waals surface area contributed by atoms with Gasteiger partial charge in [-0.2, -0.15) is 5.10 Å². The molecule has 0 spiro atoms. The Bertz CT molecular complexity index is 735. The van der Waals surface area contributed by atoms with Crippen molar-refractivity contribution in [1.29, 1.82) is 0 Å². The molecule has 0 saturated carbocycles. The van der Waals surface area contributed by atoms with Crippen LogP contribution in [0.25, 0.3) is 0 Å². The van der Waals surface area contributed by atoms with Gasteiger partial charge in [-0.3, -0.25) is 9.55 Å². The largest absolute Gasteiger partial charge is 0.480 e. The molecule has 0 aliphatic carbocycles. The van der Waals surface area contributed by atoms with Crippen LogP contribution in [0.15, 0.2) is 23.1 Å². The lowest BCUT2D eigenvalue weighted by molar-refractivity contribution is -0.141. The van der Waals surface area contributed by atoms with Crippen LogP contribution >= 0.6 is 11.6 Å². The van der Waals surface area contributed by atoms with Crippen molar-refractivity contribution >= 4 is 17.6 Å². The van der Waals surface area contributed by atoms with Gasteiger partial charge in [0.2, 0.25) is 0 Å². The average Bonchev–Trinajstić information content (AvgIpc) is 2.78. The summed E-state index contributed by atoms with van der Waals surface area (Å²) in [4.78, 5) is 27.7. The summed E-state index contributed by atoms with van der Waals surface area (Å²) < 4.78 is 2.54. The van der Waals surface area contributed by atoms with Gasteiger partial charge in [0.1, 0.15) is 11.9 Å². The maximum absolute atomic E-state index is 12.3. The summed E-state index contributed by atoms with van der Waals surface area (Å²) in [6.07, 6.45) is 3.28. The molecule has 1 N–H and O–H groups in total. The van der Waals surface area contributed by atoms with Crippen LogP contribution in [-0.4, -0.2) is 30.4 Å². The molecular weight excluding hydrogens is 296 g/mol. The highest BCUT2D eigenvalue weighted by Crippen LogP contribution is 2.21. The number of hydrogen-bond donors (Lipinski definition) is 1. The molecule has 0 unspecified atom stereocenters. The van der Waals surface area contributed by atoms with E-state index in [2.05, 4.69) is 10.1 Å². The van der Waals surface area contributed by atoms with Gasteiger partial charge >= 0.3 is 11.7 Å². The lowest BCUT2D eigenvalue weighted by Crippen LogP contribution is -2.34. The fourth-order valence-electron chi connectivity index (χ4n) is 2.52. The van der Waals surface area contributed by atoms with E-state index >= 15 is 0 Å². The highest BCUT2D eigenvalue weighted by atomic mass is 35.5. The molecule has 1 aliphatic rings. The highest BCUT2D eigenvalue weighted by molar-refractivity contribution is 6.30. The Morgan fingerprint density at radius 2 is 2.29 bits per heavy atom. The molecule has 110 valence electrons. The molecule has 0 aromatic carbocycles. The van der Waals surface area contributed by atoms with Gasteiger partial charge in [-0.15, -0.1) is 0 Å². The lowest BCUT2D eigenvalue weighted by Gasteiger charge is -2.19. The Morgan fingerprint density at radius 3 is 2.95 bits per heavy atom. The number of hydrogen-bond acceptors (Lipinski definition) is 4. The number of aryl methyl sites for hydroxylation is 1. The molecule has 0 bridgehead atoms. The van der Waals surface area contributed by atoms with Crippen molar-refractivity contribution in [2.45, 2.75) is 31.8 Å². The Balaban J connectivity index is 1.96. The number of rotatable bonds is 3. The maximum atomic E-state index is 12.3. The summed E-state index contributed by atoms with van der Waals surface area (Å²) >= 11 is 5.77. The van der Waals surface area contributed by atoms with Crippen molar-refractivity contribution in [2.75, 3.05) is 0 Å². The number of fused-ring (bicyclic) bond motifs is 1. The zero-order valence-electron chi connectivity index (χ0n) is 11.1. The average molecular weight is 309 g/mol. The summed E-state index contributed by atoms with van der Waals surface area (Å²) in [6, 6.07) is 2.57. The van der Waals surface area contributed by atoms with Crippen molar-refractivity contribution in [3.05, 3.63) is 45.4 Å². The van der Waals surface area contributed by atoms with Crippen LogP contribution in [-0.2, 0) is 17.8 Å². The van der Waals surface area contributed by atoms with Gasteiger partial charge in [-0.05, 0) is 25.0 Å². The van der Waals surface area contributed by atoms with E-state index in [9.17, 15) is 14.7 Å². The van der Waals surface area contributed by atoms with Crippen LogP contribution in [0.3, 0.4) is 0 Å². The predicted octanol–water partition coefficient (Wildman–Crippen LogP) is 1.10. The molecule has 0 saturated heterocycles. The molecule has 1 aliphatic heterocycles. The van der Waals surface area contributed by atoms with Crippen LogP contribution < -0.4 is 5.69 Å². The Hall–Kier alpha value is -2.15. The highest BCUT2D eigenvalue weighted by Gasteiger charge is 2.30. The van der Waals surface area contributed by atoms with E-state index in [0.717, 1.165) is 0 Å². The number of carboxylic acid groups (broad SMARTS) is 1. The van der Waals surface area contributed by atoms with Gasteiger partial charge < -0.3 is 5.11 Å². The van der Waals surface area contributed by atoms with E-state index in [0.29, 0.717) is 35.8 Å². The lowest BCUT2D eigenvalue weighted by atomic mass is 10.1. The van der Waals surface area contributed by atoms with E-state index < -0.39 is 17.7 Å². The fraction of sp³-hybridized carbons (Fsp3) is 0.385. The minimum atomic E-state index is -0.998. The van der Waals surface area contributed by atoms with Gasteiger partial charge in [0.15, 0.2) is 0 Å². The first-order chi connectivity index (χ1) is 10.1. The molecule has 7 nitrogen and oxygen atoms in total. The van der Waals surface area contributed by atoms with E-state index in [1.165, 1.54) is 15.4 Å². The molecule has 3 heterocycles. The molecule has 8 heteroatoms. The minimum Gasteiger partial charge on any atom is -0.480 e. The van der Waals surface area contributed by atoms with E-state index in [4.69, 9.17) is 11.6 Å². The predicted molar refractivity (Wildman–Crippen MR) is 74.4 cm³/mol. The second kappa shape index (κ2) is 5.33. The molecule has 0 radical (unpaired) electrons. The van der Waals surface area contributed by atoms with Crippen LogP contribution in [0, 0.1) is 0 Å². The van der Waals surface area contributed by atoms with Crippen LogP contribution in [0.4, 0.5) is 0 Å². The summed E-state index contributed by atoms with van der Waals surface area (Å²) in [7, 11) is 0. The Morgan fingerprint density at radius 1 is 1.48 bits per heavy atom. The first-order valence-electron chi connectivity index (χ1n) is 6.57. The SMILES string of the molecule is O=C(O)[C@H]1CCCc2nn(Cc3ccc(Cl)cn3)c(=O)n21. The zero-order chi connectivity index (χ0) is 15.0. The number of halogens is 1.